The summed E-state index contributed by atoms with van der Waals surface area (Å²) in [6.45, 7) is 2.84. The van der Waals surface area contributed by atoms with Crippen LogP contribution in [0.1, 0.15) is 24.8 Å². The van der Waals surface area contributed by atoms with E-state index in [1.165, 1.54) is 0 Å². The number of ether oxygens (including phenoxy) is 1. The Labute approximate surface area is 126 Å². The molecule has 1 aliphatic rings. The average Bonchev–Trinajstić information content (AvgIpc) is 2.54. The number of nitrogens with one attached hydrogen (secondary N) is 1. The summed E-state index contributed by atoms with van der Waals surface area (Å²) in [4.78, 5) is 14.3. The smallest absolute Gasteiger partial charge is 0.225 e. The lowest BCUT2D eigenvalue weighted by molar-refractivity contribution is -0.116. The Morgan fingerprint density at radius 1 is 1.38 bits per heavy atom. The molecule has 0 bridgehead atoms. The van der Waals surface area contributed by atoms with Gasteiger partial charge in [0, 0.05) is 44.5 Å². The minimum absolute atomic E-state index is 0.0369. The Kier molecular flexibility index (Phi) is 6.17. The van der Waals surface area contributed by atoms with Gasteiger partial charge < -0.3 is 20.7 Å². The third-order valence-electron chi connectivity index (χ3n) is 4.02. The van der Waals surface area contributed by atoms with E-state index in [4.69, 9.17) is 10.5 Å². The number of para-hydroxylation sites is 1. The molecule has 2 rings (SSSR count). The van der Waals surface area contributed by atoms with Crippen molar-refractivity contribution < 1.29 is 9.53 Å². The van der Waals surface area contributed by atoms with Gasteiger partial charge in [-0.25, -0.2) is 0 Å². The van der Waals surface area contributed by atoms with Crippen LogP contribution in [0.5, 0.6) is 0 Å². The summed E-state index contributed by atoms with van der Waals surface area (Å²) in [5.41, 5.74) is 7.45. The average molecular weight is 291 g/mol. The third kappa shape index (κ3) is 4.81. The fourth-order valence-electron chi connectivity index (χ4n) is 2.62. The largest absolute Gasteiger partial charge is 0.381 e. The molecule has 0 radical (unpaired) electrons. The normalized spacial score (nSPS) is 16.1. The molecule has 1 saturated heterocycles. The molecular formula is C16H25N3O2. The maximum absolute atomic E-state index is 12.1. The van der Waals surface area contributed by atoms with Gasteiger partial charge in [-0.15, -0.1) is 0 Å². The summed E-state index contributed by atoms with van der Waals surface area (Å²) in [7, 11) is 2.08. The van der Waals surface area contributed by atoms with Crippen molar-refractivity contribution in [2.75, 3.05) is 32.1 Å². The molecule has 0 spiro atoms. The Morgan fingerprint density at radius 3 is 2.81 bits per heavy atom. The van der Waals surface area contributed by atoms with E-state index in [1.54, 1.807) is 0 Å². The predicted octanol–water partition coefficient (Wildman–Crippen LogP) is 1.58. The van der Waals surface area contributed by atoms with E-state index in [-0.39, 0.29) is 5.91 Å². The van der Waals surface area contributed by atoms with Crippen molar-refractivity contribution in [1.82, 2.24) is 4.90 Å². The summed E-state index contributed by atoms with van der Waals surface area (Å²) >= 11 is 0. The molecule has 116 valence electrons. The quantitative estimate of drug-likeness (QED) is 0.835. The fourth-order valence-corrected chi connectivity index (χ4v) is 2.62. The van der Waals surface area contributed by atoms with Gasteiger partial charge in [0.15, 0.2) is 0 Å². The highest BCUT2D eigenvalue weighted by molar-refractivity contribution is 5.91. The van der Waals surface area contributed by atoms with Gasteiger partial charge in [0.2, 0.25) is 5.91 Å². The molecule has 1 aromatic carbocycles. The summed E-state index contributed by atoms with van der Waals surface area (Å²) in [5.74, 6) is 0.0369. The van der Waals surface area contributed by atoms with Crippen molar-refractivity contribution in [3.8, 4) is 0 Å². The summed E-state index contributed by atoms with van der Waals surface area (Å²) in [6.07, 6.45) is 2.59. The first-order chi connectivity index (χ1) is 10.2. The fraction of sp³-hybridized carbons (Fsp3) is 0.562. The van der Waals surface area contributed by atoms with Gasteiger partial charge in [-0.1, -0.05) is 18.2 Å². The van der Waals surface area contributed by atoms with Crippen molar-refractivity contribution in [2.24, 2.45) is 5.73 Å². The maximum atomic E-state index is 12.1. The Hall–Kier alpha value is -1.43. The molecule has 1 heterocycles. The van der Waals surface area contributed by atoms with Crippen LogP contribution < -0.4 is 11.1 Å². The second kappa shape index (κ2) is 8.12. The Balaban J connectivity index is 1.79. The number of benzene rings is 1. The Morgan fingerprint density at radius 2 is 2.10 bits per heavy atom. The number of amides is 1. The van der Waals surface area contributed by atoms with Crippen LogP contribution in [0.2, 0.25) is 0 Å². The molecule has 1 fully saturated rings. The first-order valence-corrected chi connectivity index (χ1v) is 7.56. The van der Waals surface area contributed by atoms with Crippen molar-refractivity contribution in [1.29, 1.82) is 0 Å². The lowest BCUT2D eigenvalue weighted by Crippen LogP contribution is -2.38. The second-order valence-corrected chi connectivity index (χ2v) is 5.48. The van der Waals surface area contributed by atoms with Gasteiger partial charge >= 0.3 is 0 Å². The number of nitrogens with zero attached hydrogens (tertiary/aromatic N) is 1. The van der Waals surface area contributed by atoms with E-state index in [0.717, 1.165) is 43.9 Å². The summed E-state index contributed by atoms with van der Waals surface area (Å²) < 4.78 is 5.36. The number of carbonyl (C=O) groups excluding carboxylic acids is 1. The first kappa shape index (κ1) is 15.9. The number of anilines is 1. The van der Waals surface area contributed by atoms with Gasteiger partial charge in [0.1, 0.15) is 0 Å². The van der Waals surface area contributed by atoms with Gasteiger partial charge in [0.25, 0.3) is 0 Å². The third-order valence-corrected chi connectivity index (χ3v) is 4.02. The van der Waals surface area contributed by atoms with Crippen LogP contribution in [-0.4, -0.2) is 43.7 Å². The number of nitrogens with two attached hydrogens (primary N) is 1. The van der Waals surface area contributed by atoms with Crippen LogP contribution in [0.25, 0.3) is 0 Å². The van der Waals surface area contributed by atoms with Crippen LogP contribution >= 0.6 is 0 Å². The molecule has 3 N–H and O–H groups in total. The second-order valence-electron chi connectivity index (χ2n) is 5.48. The zero-order valence-electron chi connectivity index (χ0n) is 12.7. The lowest BCUT2D eigenvalue weighted by Gasteiger charge is -2.30. The molecule has 0 saturated carbocycles. The zero-order valence-corrected chi connectivity index (χ0v) is 12.7. The van der Waals surface area contributed by atoms with Gasteiger partial charge in [-0.2, -0.15) is 0 Å². The van der Waals surface area contributed by atoms with Gasteiger partial charge in [-0.05, 0) is 31.5 Å². The highest BCUT2D eigenvalue weighted by Crippen LogP contribution is 2.15. The Bertz CT molecular complexity index is 459. The predicted molar refractivity (Wildman–Crippen MR) is 84.1 cm³/mol. The number of carbonyl (C=O) groups is 1. The highest BCUT2D eigenvalue weighted by Gasteiger charge is 2.18. The van der Waals surface area contributed by atoms with Gasteiger partial charge in [-0.3, -0.25) is 4.79 Å². The molecule has 0 aliphatic carbocycles. The SMILES string of the molecule is CN(CCC(=O)Nc1ccccc1CN)C1CCOCC1. The van der Waals surface area contributed by atoms with Crippen LogP contribution in [0, 0.1) is 0 Å². The zero-order chi connectivity index (χ0) is 15.1. The molecule has 1 aliphatic heterocycles. The molecule has 21 heavy (non-hydrogen) atoms. The maximum Gasteiger partial charge on any atom is 0.225 e. The standard InChI is InChI=1S/C16H25N3O2/c1-19(14-7-10-21-11-8-14)9-6-16(20)18-15-5-3-2-4-13(15)12-17/h2-5,14H,6-12,17H2,1H3,(H,18,20). The van der Waals surface area contributed by atoms with E-state index < -0.39 is 0 Å². The van der Waals surface area contributed by atoms with E-state index in [0.29, 0.717) is 19.0 Å². The number of rotatable bonds is 6. The summed E-state index contributed by atoms with van der Waals surface area (Å²) in [6, 6.07) is 8.19. The number of hydrogen-bond donors (Lipinski definition) is 2. The van der Waals surface area contributed by atoms with Crippen LogP contribution in [0.15, 0.2) is 24.3 Å². The minimum Gasteiger partial charge on any atom is -0.381 e. The lowest BCUT2D eigenvalue weighted by atomic mass is 10.1. The summed E-state index contributed by atoms with van der Waals surface area (Å²) in [5, 5.41) is 2.95. The molecular weight excluding hydrogens is 266 g/mol. The van der Waals surface area contributed by atoms with E-state index >= 15 is 0 Å². The minimum atomic E-state index is 0.0369. The molecule has 5 heteroatoms. The molecule has 1 amide bonds. The van der Waals surface area contributed by atoms with Crippen molar-refractivity contribution in [3.05, 3.63) is 29.8 Å². The number of hydrogen-bond acceptors (Lipinski definition) is 4. The molecule has 1 aromatic rings. The van der Waals surface area contributed by atoms with E-state index in [1.807, 2.05) is 24.3 Å². The highest BCUT2D eigenvalue weighted by atomic mass is 16.5. The molecule has 0 aromatic heterocycles. The van der Waals surface area contributed by atoms with Crippen molar-refractivity contribution in [2.45, 2.75) is 31.8 Å². The van der Waals surface area contributed by atoms with Gasteiger partial charge in [0.05, 0.1) is 0 Å². The molecule has 0 atom stereocenters. The molecule has 0 unspecified atom stereocenters. The van der Waals surface area contributed by atoms with Crippen molar-refractivity contribution in [3.63, 3.8) is 0 Å². The van der Waals surface area contributed by atoms with Crippen LogP contribution in [0.3, 0.4) is 0 Å². The first-order valence-electron chi connectivity index (χ1n) is 7.56. The molecule has 5 nitrogen and oxygen atoms in total. The van der Waals surface area contributed by atoms with E-state index in [2.05, 4.69) is 17.3 Å². The van der Waals surface area contributed by atoms with Crippen LogP contribution in [-0.2, 0) is 16.1 Å². The van der Waals surface area contributed by atoms with Crippen LogP contribution in [0.4, 0.5) is 5.69 Å². The monoisotopic (exact) mass is 291 g/mol. The van der Waals surface area contributed by atoms with E-state index in [9.17, 15) is 4.79 Å². The topological polar surface area (TPSA) is 67.6 Å². The van der Waals surface area contributed by atoms with Crippen molar-refractivity contribution >= 4 is 11.6 Å².